The summed E-state index contributed by atoms with van der Waals surface area (Å²) in [5.74, 6) is -0.535. The highest BCUT2D eigenvalue weighted by Gasteiger charge is 2.53. The van der Waals surface area contributed by atoms with Gasteiger partial charge in [0.25, 0.3) is 0 Å². The van der Waals surface area contributed by atoms with Crippen LogP contribution < -0.4 is 10.9 Å². The van der Waals surface area contributed by atoms with Crippen LogP contribution in [0.3, 0.4) is 0 Å². The lowest BCUT2D eigenvalue weighted by atomic mass is 9.71. The first-order valence-corrected chi connectivity index (χ1v) is 5.05. The molecule has 2 atom stereocenters. The molecule has 1 saturated carbocycles. The Labute approximate surface area is 101 Å². The van der Waals surface area contributed by atoms with Crippen LogP contribution in [0, 0.1) is 25.6 Å². The van der Waals surface area contributed by atoms with Crippen LogP contribution >= 0.6 is 0 Å². The van der Waals surface area contributed by atoms with Crippen LogP contribution in [0.4, 0.5) is 0 Å². The molecule has 10 nitrogen and oxygen atoms in total. The summed E-state index contributed by atoms with van der Waals surface area (Å²) in [5.41, 5.74) is 0.720. The van der Waals surface area contributed by atoms with Crippen LogP contribution in [0.2, 0.25) is 0 Å². The van der Waals surface area contributed by atoms with Gasteiger partial charge >= 0.3 is 0 Å². The van der Waals surface area contributed by atoms with Crippen LogP contribution in [-0.2, 0) is 4.79 Å². The number of nitrogens with zero attached hydrogens (tertiary/aromatic N) is 2. The fourth-order valence-corrected chi connectivity index (χ4v) is 2.07. The van der Waals surface area contributed by atoms with Gasteiger partial charge in [-0.3, -0.25) is 4.79 Å². The number of nitro groups is 2. The van der Waals surface area contributed by atoms with Gasteiger partial charge < -0.3 is 5.41 Å². The lowest BCUT2D eigenvalue weighted by Crippen LogP contribution is -2.66. The number of rotatable bonds is 4. The van der Waals surface area contributed by atoms with E-state index in [1.54, 1.807) is 0 Å². The topological polar surface area (TPSA) is 151 Å². The minimum atomic E-state index is -1.54. The van der Waals surface area contributed by atoms with E-state index < -0.39 is 26.9 Å². The summed E-state index contributed by atoms with van der Waals surface area (Å²) in [7, 11) is 0. The first kappa shape index (κ1) is 13.8. The molecule has 0 radical (unpaired) electrons. The summed E-state index contributed by atoms with van der Waals surface area (Å²) in [6.45, 7) is 2.66. The third-order valence-electron chi connectivity index (χ3n) is 3.00. The minimum absolute atomic E-state index is 0.160. The van der Waals surface area contributed by atoms with E-state index in [9.17, 15) is 25.0 Å². The van der Waals surface area contributed by atoms with Crippen LogP contribution in [0.1, 0.15) is 26.7 Å². The summed E-state index contributed by atoms with van der Waals surface area (Å²) in [4.78, 5) is 32.7. The number of Topliss-reactive ketones (excluding diaryl/α,β-unsaturated/α-hetero) is 1. The molecule has 100 valence electrons. The van der Waals surface area contributed by atoms with Gasteiger partial charge in [-0.1, -0.05) is 0 Å². The number of hydrogen-bond acceptors (Lipinski definition) is 6. The minimum Gasteiger partial charge on any atom is -0.307 e. The predicted octanol–water partition coefficient (Wildman–Crippen LogP) is -0.551. The van der Waals surface area contributed by atoms with Gasteiger partial charge in [-0.05, 0) is 13.8 Å². The van der Waals surface area contributed by atoms with E-state index in [-0.39, 0.29) is 18.6 Å². The Morgan fingerprint density at radius 1 is 1.17 bits per heavy atom. The van der Waals surface area contributed by atoms with Crippen molar-refractivity contribution >= 4 is 11.5 Å². The van der Waals surface area contributed by atoms with E-state index in [4.69, 9.17) is 5.41 Å². The highest BCUT2D eigenvalue weighted by Crippen LogP contribution is 2.30. The zero-order valence-electron chi connectivity index (χ0n) is 9.85. The molecule has 1 aliphatic rings. The number of nitrogens with one attached hydrogen (secondary N) is 3. The zero-order valence-corrected chi connectivity index (χ0v) is 9.85. The maximum absolute atomic E-state index is 11.7. The van der Waals surface area contributed by atoms with E-state index in [2.05, 4.69) is 0 Å². The van der Waals surface area contributed by atoms with Gasteiger partial charge in [0.2, 0.25) is 0 Å². The Bertz CT molecular complexity index is 400. The lowest BCUT2D eigenvalue weighted by molar-refractivity contribution is -0.564. The SMILES string of the molecule is CC1(N[N+](=O)[O-])CC(C)(N[N+](=O)[O-])C(=O)CC1=N. The van der Waals surface area contributed by atoms with Crippen molar-refractivity contribution in [2.24, 2.45) is 0 Å². The quantitative estimate of drug-likeness (QED) is 0.452. The lowest BCUT2D eigenvalue weighted by Gasteiger charge is -2.39. The summed E-state index contributed by atoms with van der Waals surface area (Å²) >= 11 is 0. The van der Waals surface area contributed by atoms with Crippen LogP contribution in [0.15, 0.2) is 0 Å². The maximum Gasteiger partial charge on any atom is 0.169 e. The highest BCUT2D eigenvalue weighted by atomic mass is 16.7. The summed E-state index contributed by atoms with van der Waals surface area (Å²) in [5, 5.41) is 26.9. The molecule has 0 aromatic carbocycles. The Hall–Kier alpha value is -2.26. The molecule has 10 heteroatoms. The molecular formula is C8H13N5O5. The third-order valence-corrected chi connectivity index (χ3v) is 3.00. The largest absolute Gasteiger partial charge is 0.307 e. The monoisotopic (exact) mass is 259 g/mol. The summed E-state index contributed by atoms with van der Waals surface area (Å²) in [6.07, 6.45) is -0.617. The van der Waals surface area contributed by atoms with E-state index >= 15 is 0 Å². The molecule has 0 heterocycles. The zero-order chi connectivity index (χ0) is 14.1. The first-order chi connectivity index (χ1) is 8.09. The average molecular weight is 259 g/mol. The van der Waals surface area contributed by atoms with Crippen LogP contribution in [-0.4, -0.2) is 32.6 Å². The van der Waals surface area contributed by atoms with Crippen molar-refractivity contribution < 1.29 is 14.9 Å². The molecule has 18 heavy (non-hydrogen) atoms. The van der Waals surface area contributed by atoms with Crippen molar-refractivity contribution in [1.29, 1.82) is 5.41 Å². The first-order valence-electron chi connectivity index (χ1n) is 5.05. The number of carbonyl (C=O) groups excluding carboxylic acids is 1. The number of hydrazine groups is 2. The average Bonchev–Trinajstić information content (AvgIpc) is 2.12. The Balaban J connectivity index is 3.03. The Morgan fingerprint density at radius 2 is 1.61 bits per heavy atom. The summed E-state index contributed by atoms with van der Waals surface area (Å²) < 4.78 is 0. The van der Waals surface area contributed by atoms with E-state index in [0.717, 1.165) is 0 Å². The van der Waals surface area contributed by atoms with E-state index in [1.165, 1.54) is 13.8 Å². The van der Waals surface area contributed by atoms with Crippen molar-refractivity contribution in [2.45, 2.75) is 37.8 Å². The van der Waals surface area contributed by atoms with Crippen molar-refractivity contribution in [2.75, 3.05) is 0 Å². The van der Waals surface area contributed by atoms with Gasteiger partial charge in [0, 0.05) is 18.6 Å². The van der Waals surface area contributed by atoms with Gasteiger partial charge in [-0.2, -0.15) is 0 Å². The van der Waals surface area contributed by atoms with Crippen LogP contribution in [0.5, 0.6) is 0 Å². The highest BCUT2D eigenvalue weighted by molar-refractivity contribution is 6.11. The molecule has 1 fully saturated rings. The molecule has 0 bridgehead atoms. The smallest absolute Gasteiger partial charge is 0.169 e. The second-order valence-corrected chi connectivity index (χ2v) is 4.66. The van der Waals surface area contributed by atoms with E-state index in [0.29, 0.717) is 0 Å². The molecule has 1 aliphatic carbocycles. The van der Waals surface area contributed by atoms with Gasteiger partial charge in [0.1, 0.15) is 5.54 Å². The number of carbonyl (C=O) groups is 1. The molecule has 1 rings (SSSR count). The summed E-state index contributed by atoms with van der Waals surface area (Å²) in [6, 6.07) is 0. The second-order valence-electron chi connectivity index (χ2n) is 4.66. The maximum atomic E-state index is 11.7. The molecule has 0 amide bonds. The Morgan fingerprint density at radius 3 is 2.06 bits per heavy atom. The predicted molar refractivity (Wildman–Crippen MR) is 59.0 cm³/mol. The normalized spacial score (nSPS) is 31.9. The molecule has 0 spiro atoms. The third kappa shape index (κ3) is 2.52. The Kier molecular flexibility index (Phi) is 3.22. The molecule has 3 N–H and O–H groups in total. The van der Waals surface area contributed by atoms with Crippen molar-refractivity contribution in [1.82, 2.24) is 10.9 Å². The molecule has 0 aliphatic heterocycles. The molecule has 0 saturated heterocycles. The fourth-order valence-electron chi connectivity index (χ4n) is 2.07. The molecule has 0 aromatic rings. The fraction of sp³-hybridized carbons (Fsp3) is 0.750. The molecule has 0 aromatic heterocycles. The standard InChI is InChI=1S/C8H13N5O5/c1-7(10-12(15)16)4-8(2,11-13(17)18)6(14)3-5(7)9/h9-11H,3-4H2,1-2H3. The van der Waals surface area contributed by atoms with Gasteiger partial charge in [-0.15, -0.1) is 10.9 Å². The van der Waals surface area contributed by atoms with E-state index in [1.807, 2.05) is 10.9 Å². The van der Waals surface area contributed by atoms with Crippen molar-refractivity contribution in [3.8, 4) is 0 Å². The van der Waals surface area contributed by atoms with Crippen LogP contribution in [0.25, 0.3) is 0 Å². The molecule has 2 unspecified atom stereocenters. The van der Waals surface area contributed by atoms with Gasteiger partial charge in [0.05, 0.1) is 0 Å². The van der Waals surface area contributed by atoms with Gasteiger partial charge in [-0.25, -0.2) is 20.2 Å². The number of hydrogen-bond donors (Lipinski definition) is 3. The van der Waals surface area contributed by atoms with Crippen molar-refractivity contribution in [3.05, 3.63) is 20.2 Å². The molecular weight excluding hydrogens is 246 g/mol. The van der Waals surface area contributed by atoms with Gasteiger partial charge in [0.15, 0.2) is 21.4 Å². The van der Waals surface area contributed by atoms with Crippen molar-refractivity contribution in [3.63, 3.8) is 0 Å². The second kappa shape index (κ2) is 4.20. The number of ketones is 1.